The SMILES string of the molecule is CN(Cc1cccnc1)C1CCCCC1N. The normalized spacial score (nSPS) is 25.9. The Labute approximate surface area is 97.7 Å². The molecule has 2 N–H and O–H groups in total. The molecule has 0 saturated heterocycles. The summed E-state index contributed by atoms with van der Waals surface area (Å²) in [5, 5.41) is 0. The number of hydrogen-bond acceptors (Lipinski definition) is 3. The minimum Gasteiger partial charge on any atom is -0.326 e. The molecule has 1 aromatic heterocycles. The Morgan fingerprint density at radius 3 is 2.94 bits per heavy atom. The molecule has 2 rings (SSSR count). The van der Waals surface area contributed by atoms with E-state index in [1.54, 1.807) is 0 Å². The van der Waals surface area contributed by atoms with Gasteiger partial charge in [0.25, 0.3) is 0 Å². The molecule has 0 spiro atoms. The van der Waals surface area contributed by atoms with Crippen molar-refractivity contribution in [3.63, 3.8) is 0 Å². The predicted molar refractivity (Wildman–Crippen MR) is 65.9 cm³/mol. The predicted octanol–water partition coefficient (Wildman–Crippen LogP) is 1.78. The molecule has 88 valence electrons. The lowest BCUT2D eigenvalue weighted by Crippen LogP contribution is -2.47. The van der Waals surface area contributed by atoms with Gasteiger partial charge in [-0.15, -0.1) is 0 Å². The first-order valence-corrected chi connectivity index (χ1v) is 6.12. The van der Waals surface area contributed by atoms with Crippen LogP contribution < -0.4 is 5.73 Å². The Kier molecular flexibility index (Phi) is 3.91. The van der Waals surface area contributed by atoms with E-state index in [4.69, 9.17) is 5.73 Å². The summed E-state index contributed by atoms with van der Waals surface area (Å²) in [5.41, 5.74) is 7.44. The second-order valence-corrected chi connectivity index (χ2v) is 4.79. The van der Waals surface area contributed by atoms with E-state index in [-0.39, 0.29) is 0 Å². The third kappa shape index (κ3) is 2.80. The Bertz CT molecular complexity index is 312. The third-order valence-electron chi connectivity index (χ3n) is 3.50. The molecule has 0 aliphatic heterocycles. The van der Waals surface area contributed by atoms with Crippen molar-refractivity contribution in [2.24, 2.45) is 5.73 Å². The maximum Gasteiger partial charge on any atom is 0.0312 e. The van der Waals surface area contributed by atoms with Crippen molar-refractivity contribution in [2.45, 2.75) is 44.3 Å². The zero-order chi connectivity index (χ0) is 11.4. The summed E-state index contributed by atoms with van der Waals surface area (Å²) in [5.74, 6) is 0. The highest BCUT2D eigenvalue weighted by atomic mass is 15.1. The smallest absolute Gasteiger partial charge is 0.0312 e. The zero-order valence-corrected chi connectivity index (χ0v) is 9.97. The van der Waals surface area contributed by atoms with E-state index in [0.717, 1.165) is 6.54 Å². The third-order valence-corrected chi connectivity index (χ3v) is 3.50. The van der Waals surface area contributed by atoms with Crippen LogP contribution in [0.15, 0.2) is 24.5 Å². The molecule has 0 radical (unpaired) electrons. The van der Waals surface area contributed by atoms with Crippen LogP contribution >= 0.6 is 0 Å². The van der Waals surface area contributed by atoms with Crippen molar-refractivity contribution in [2.75, 3.05) is 7.05 Å². The van der Waals surface area contributed by atoms with E-state index in [1.807, 2.05) is 18.5 Å². The maximum absolute atomic E-state index is 6.18. The molecule has 3 nitrogen and oxygen atoms in total. The van der Waals surface area contributed by atoms with E-state index in [1.165, 1.54) is 31.2 Å². The molecular weight excluding hydrogens is 198 g/mol. The number of pyridine rings is 1. The second kappa shape index (κ2) is 5.41. The molecule has 0 bridgehead atoms. The van der Waals surface area contributed by atoms with Crippen molar-refractivity contribution < 1.29 is 0 Å². The summed E-state index contributed by atoms with van der Waals surface area (Å²) in [6.45, 7) is 0.951. The molecule has 1 saturated carbocycles. The van der Waals surface area contributed by atoms with Gasteiger partial charge in [-0.3, -0.25) is 9.88 Å². The highest BCUT2D eigenvalue weighted by Crippen LogP contribution is 2.22. The van der Waals surface area contributed by atoms with Crippen molar-refractivity contribution in [3.8, 4) is 0 Å². The van der Waals surface area contributed by atoms with Crippen molar-refractivity contribution in [1.29, 1.82) is 0 Å². The zero-order valence-electron chi connectivity index (χ0n) is 9.97. The molecule has 1 aliphatic carbocycles. The van der Waals surface area contributed by atoms with Crippen LogP contribution in [-0.2, 0) is 6.54 Å². The van der Waals surface area contributed by atoms with Crippen LogP contribution in [0, 0.1) is 0 Å². The first-order chi connectivity index (χ1) is 7.77. The average Bonchev–Trinajstić information content (AvgIpc) is 2.31. The maximum atomic E-state index is 6.18. The topological polar surface area (TPSA) is 42.2 Å². The van der Waals surface area contributed by atoms with Gasteiger partial charge in [-0.05, 0) is 31.5 Å². The molecule has 3 heteroatoms. The monoisotopic (exact) mass is 219 g/mol. The lowest BCUT2D eigenvalue weighted by molar-refractivity contribution is 0.162. The van der Waals surface area contributed by atoms with Gasteiger partial charge >= 0.3 is 0 Å². The summed E-state index contributed by atoms with van der Waals surface area (Å²) in [7, 11) is 2.17. The first-order valence-electron chi connectivity index (χ1n) is 6.12. The Balaban J connectivity index is 1.94. The quantitative estimate of drug-likeness (QED) is 0.842. The van der Waals surface area contributed by atoms with Crippen LogP contribution in [0.4, 0.5) is 0 Å². The van der Waals surface area contributed by atoms with Crippen LogP contribution in [0.25, 0.3) is 0 Å². The molecule has 16 heavy (non-hydrogen) atoms. The fraction of sp³-hybridized carbons (Fsp3) is 0.615. The van der Waals surface area contributed by atoms with Gasteiger partial charge in [0.2, 0.25) is 0 Å². The largest absolute Gasteiger partial charge is 0.326 e. The van der Waals surface area contributed by atoms with Crippen LogP contribution in [0.1, 0.15) is 31.2 Å². The number of nitrogens with zero attached hydrogens (tertiary/aromatic N) is 2. The van der Waals surface area contributed by atoms with E-state index < -0.39 is 0 Å². The first kappa shape index (κ1) is 11.6. The number of nitrogens with two attached hydrogens (primary N) is 1. The summed E-state index contributed by atoms with van der Waals surface area (Å²) < 4.78 is 0. The number of aromatic nitrogens is 1. The Hall–Kier alpha value is -0.930. The van der Waals surface area contributed by atoms with Gasteiger partial charge in [0.15, 0.2) is 0 Å². The van der Waals surface area contributed by atoms with E-state index >= 15 is 0 Å². The van der Waals surface area contributed by atoms with Gasteiger partial charge in [0.05, 0.1) is 0 Å². The van der Waals surface area contributed by atoms with Crippen molar-refractivity contribution in [3.05, 3.63) is 30.1 Å². The highest BCUT2D eigenvalue weighted by molar-refractivity contribution is 5.08. The van der Waals surface area contributed by atoms with Gasteiger partial charge in [-0.25, -0.2) is 0 Å². The lowest BCUT2D eigenvalue weighted by atomic mass is 9.90. The number of rotatable bonds is 3. The van der Waals surface area contributed by atoms with E-state index in [2.05, 4.69) is 23.0 Å². The Morgan fingerprint density at radius 1 is 1.44 bits per heavy atom. The molecular formula is C13H21N3. The van der Waals surface area contributed by atoms with Gasteiger partial charge in [-0.2, -0.15) is 0 Å². The molecule has 1 aliphatic rings. The van der Waals surface area contributed by atoms with E-state index in [0.29, 0.717) is 12.1 Å². The van der Waals surface area contributed by atoms with Gasteiger partial charge in [0.1, 0.15) is 0 Å². The average molecular weight is 219 g/mol. The molecule has 0 aromatic carbocycles. The second-order valence-electron chi connectivity index (χ2n) is 4.79. The number of likely N-dealkylation sites (N-methyl/N-ethyl adjacent to an activating group) is 1. The summed E-state index contributed by atoms with van der Waals surface area (Å²) in [4.78, 5) is 6.52. The molecule has 2 unspecified atom stereocenters. The van der Waals surface area contributed by atoms with Crippen LogP contribution in [0.2, 0.25) is 0 Å². The van der Waals surface area contributed by atoms with Crippen molar-refractivity contribution in [1.82, 2.24) is 9.88 Å². The summed E-state index contributed by atoms with van der Waals surface area (Å²) >= 11 is 0. The van der Waals surface area contributed by atoms with Crippen LogP contribution in [0.3, 0.4) is 0 Å². The van der Waals surface area contributed by atoms with Gasteiger partial charge < -0.3 is 5.73 Å². The van der Waals surface area contributed by atoms with Crippen LogP contribution in [0.5, 0.6) is 0 Å². The summed E-state index contributed by atoms with van der Waals surface area (Å²) in [6, 6.07) is 4.99. The van der Waals surface area contributed by atoms with Crippen LogP contribution in [-0.4, -0.2) is 29.0 Å². The fourth-order valence-electron chi connectivity index (χ4n) is 2.58. The molecule has 1 fully saturated rings. The molecule has 1 heterocycles. The van der Waals surface area contributed by atoms with Gasteiger partial charge in [0, 0.05) is 31.0 Å². The van der Waals surface area contributed by atoms with Crippen molar-refractivity contribution >= 4 is 0 Å². The number of hydrogen-bond donors (Lipinski definition) is 1. The fourth-order valence-corrected chi connectivity index (χ4v) is 2.58. The van der Waals surface area contributed by atoms with Gasteiger partial charge in [-0.1, -0.05) is 18.9 Å². The van der Waals surface area contributed by atoms with E-state index in [9.17, 15) is 0 Å². The summed E-state index contributed by atoms with van der Waals surface area (Å²) in [6.07, 6.45) is 8.76. The minimum atomic E-state index is 0.343. The molecule has 0 amide bonds. The standard InChI is InChI=1S/C13H21N3/c1-16(10-11-5-4-8-15-9-11)13-7-3-2-6-12(13)14/h4-5,8-9,12-13H,2-3,6-7,10,14H2,1H3. The Morgan fingerprint density at radius 2 is 2.25 bits per heavy atom. The lowest BCUT2D eigenvalue weighted by Gasteiger charge is -2.36. The minimum absolute atomic E-state index is 0.343. The highest BCUT2D eigenvalue weighted by Gasteiger charge is 2.25. The molecule has 2 atom stereocenters. The molecule has 1 aromatic rings.